The molecule has 0 N–H and O–H groups in total. The van der Waals surface area contributed by atoms with E-state index in [1.807, 2.05) is 23.1 Å². The maximum Gasteiger partial charge on any atom is 0.253 e. The Morgan fingerprint density at radius 2 is 1.76 bits per heavy atom. The molecule has 0 saturated carbocycles. The SMILES string of the molecule is CCCN(CCC)C(=O)c1cc(OC)cc(C(C)CC)c1. The topological polar surface area (TPSA) is 29.5 Å². The number of amides is 1. The number of ether oxygens (including phenoxy) is 1. The highest BCUT2D eigenvalue weighted by Gasteiger charge is 2.17. The Labute approximate surface area is 129 Å². The molecule has 0 aliphatic heterocycles. The van der Waals surface area contributed by atoms with E-state index in [0.717, 1.165) is 43.7 Å². The van der Waals surface area contributed by atoms with Gasteiger partial charge in [0.05, 0.1) is 7.11 Å². The first-order valence-electron chi connectivity index (χ1n) is 8.05. The molecule has 1 atom stereocenters. The molecule has 0 spiro atoms. The molecule has 118 valence electrons. The van der Waals surface area contributed by atoms with Crippen molar-refractivity contribution >= 4 is 5.91 Å². The van der Waals surface area contributed by atoms with Crippen molar-refractivity contribution < 1.29 is 9.53 Å². The lowest BCUT2D eigenvalue weighted by molar-refractivity contribution is 0.0755. The zero-order valence-corrected chi connectivity index (χ0v) is 14.1. The smallest absolute Gasteiger partial charge is 0.253 e. The van der Waals surface area contributed by atoms with Crippen LogP contribution in [0.15, 0.2) is 18.2 Å². The molecule has 0 fully saturated rings. The van der Waals surface area contributed by atoms with Gasteiger partial charge in [-0.15, -0.1) is 0 Å². The predicted molar refractivity (Wildman–Crippen MR) is 88.2 cm³/mol. The molecule has 1 aromatic rings. The number of nitrogens with zero attached hydrogens (tertiary/aromatic N) is 1. The maximum atomic E-state index is 12.7. The van der Waals surface area contributed by atoms with Gasteiger partial charge in [0.2, 0.25) is 0 Å². The van der Waals surface area contributed by atoms with E-state index in [-0.39, 0.29) is 5.91 Å². The fraction of sp³-hybridized carbons (Fsp3) is 0.611. The molecule has 1 amide bonds. The van der Waals surface area contributed by atoms with Gasteiger partial charge < -0.3 is 9.64 Å². The summed E-state index contributed by atoms with van der Waals surface area (Å²) in [6.07, 6.45) is 3.01. The Hall–Kier alpha value is -1.51. The van der Waals surface area contributed by atoms with Crippen LogP contribution in [0.25, 0.3) is 0 Å². The standard InChI is InChI=1S/C18H29NO2/c1-6-9-19(10-7-2)18(20)16-11-15(14(4)8-3)12-17(13-16)21-5/h11-14H,6-10H2,1-5H3. The Balaban J connectivity index is 3.11. The minimum Gasteiger partial charge on any atom is -0.497 e. The molecular formula is C18H29NO2. The second kappa shape index (κ2) is 8.71. The summed E-state index contributed by atoms with van der Waals surface area (Å²) < 4.78 is 5.37. The highest BCUT2D eigenvalue weighted by molar-refractivity contribution is 5.95. The molecule has 0 aliphatic carbocycles. The molecule has 21 heavy (non-hydrogen) atoms. The number of carbonyl (C=O) groups excluding carboxylic acids is 1. The van der Waals surface area contributed by atoms with Crippen LogP contribution in [0.5, 0.6) is 5.75 Å². The summed E-state index contributed by atoms with van der Waals surface area (Å²) in [6, 6.07) is 5.92. The van der Waals surface area contributed by atoms with Crippen molar-refractivity contribution in [3.8, 4) is 5.75 Å². The van der Waals surface area contributed by atoms with Gasteiger partial charge in [-0.1, -0.05) is 27.7 Å². The van der Waals surface area contributed by atoms with Crippen LogP contribution in [0.3, 0.4) is 0 Å². The van der Waals surface area contributed by atoms with Crippen molar-refractivity contribution in [1.29, 1.82) is 0 Å². The summed E-state index contributed by atoms with van der Waals surface area (Å²) in [7, 11) is 1.65. The quantitative estimate of drug-likeness (QED) is 0.707. The molecule has 0 bridgehead atoms. The van der Waals surface area contributed by atoms with Gasteiger partial charge in [0.15, 0.2) is 0 Å². The lowest BCUT2D eigenvalue weighted by Gasteiger charge is -2.22. The summed E-state index contributed by atoms with van der Waals surface area (Å²) in [6.45, 7) is 10.2. The normalized spacial score (nSPS) is 12.0. The van der Waals surface area contributed by atoms with Crippen LogP contribution < -0.4 is 4.74 Å². The van der Waals surface area contributed by atoms with Crippen LogP contribution in [-0.2, 0) is 0 Å². The van der Waals surface area contributed by atoms with Gasteiger partial charge in [-0.25, -0.2) is 0 Å². The third kappa shape index (κ3) is 4.76. The number of methoxy groups -OCH3 is 1. The van der Waals surface area contributed by atoms with Crippen molar-refractivity contribution in [2.75, 3.05) is 20.2 Å². The van der Waals surface area contributed by atoms with Gasteiger partial charge in [-0.05, 0) is 48.9 Å². The Kier molecular flexibility index (Phi) is 7.27. The van der Waals surface area contributed by atoms with Crippen molar-refractivity contribution in [3.05, 3.63) is 29.3 Å². The van der Waals surface area contributed by atoms with Gasteiger partial charge in [-0.3, -0.25) is 4.79 Å². The lowest BCUT2D eigenvalue weighted by atomic mass is 9.96. The fourth-order valence-corrected chi connectivity index (χ4v) is 2.42. The zero-order valence-electron chi connectivity index (χ0n) is 14.1. The second-order valence-electron chi connectivity index (χ2n) is 5.60. The number of benzene rings is 1. The molecular weight excluding hydrogens is 262 g/mol. The van der Waals surface area contributed by atoms with E-state index in [9.17, 15) is 4.79 Å². The molecule has 0 saturated heterocycles. The molecule has 1 rings (SSSR count). The zero-order chi connectivity index (χ0) is 15.8. The van der Waals surface area contributed by atoms with Crippen molar-refractivity contribution in [1.82, 2.24) is 4.90 Å². The van der Waals surface area contributed by atoms with Gasteiger partial charge in [0.25, 0.3) is 5.91 Å². The van der Waals surface area contributed by atoms with E-state index < -0.39 is 0 Å². The van der Waals surface area contributed by atoms with E-state index >= 15 is 0 Å². The number of carbonyl (C=O) groups is 1. The minimum atomic E-state index is 0.113. The van der Waals surface area contributed by atoms with E-state index in [2.05, 4.69) is 27.7 Å². The molecule has 1 aromatic carbocycles. The lowest BCUT2D eigenvalue weighted by Crippen LogP contribution is -2.32. The predicted octanol–water partition coefficient (Wildman–Crippen LogP) is 4.47. The average molecular weight is 291 g/mol. The first kappa shape index (κ1) is 17.5. The van der Waals surface area contributed by atoms with E-state index in [1.54, 1.807) is 7.11 Å². The van der Waals surface area contributed by atoms with E-state index in [4.69, 9.17) is 4.74 Å². The Bertz CT molecular complexity index is 451. The summed E-state index contributed by atoms with van der Waals surface area (Å²) in [5, 5.41) is 0. The van der Waals surface area contributed by atoms with Gasteiger partial charge in [0, 0.05) is 18.7 Å². The first-order valence-corrected chi connectivity index (χ1v) is 8.05. The summed E-state index contributed by atoms with van der Waals surface area (Å²) in [4.78, 5) is 14.7. The van der Waals surface area contributed by atoms with Gasteiger partial charge >= 0.3 is 0 Å². The van der Waals surface area contributed by atoms with Crippen molar-refractivity contribution in [2.24, 2.45) is 0 Å². The maximum absolute atomic E-state index is 12.7. The van der Waals surface area contributed by atoms with Crippen LogP contribution in [0.4, 0.5) is 0 Å². The van der Waals surface area contributed by atoms with E-state index in [0.29, 0.717) is 5.92 Å². The van der Waals surface area contributed by atoms with Crippen molar-refractivity contribution in [3.63, 3.8) is 0 Å². The van der Waals surface area contributed by atoms with Crippen LogP contribution >= 0.6 is 0 Å². The van der Waals surface area contributed by atoms with Crippen LogP contribution in [0.2, 0.25) is 0 Å². The second-order valence-corrected chi connectivity index (χ2v) is 5.60. The molecule has 0 aliphatic rings. The van der Waals surface area contributed by atoms with Crippen molar-refractivity contribution in [2.45, 2.75) is 52.9 Å². The van der Waals surface area contributed by atoms with E-state index in [1.165, 1.54) is 5.56 Å². The third-order valence-electron chi connectivity index (χ3n) is 3.87. The fourth-order valence-electron chi connectivity index (χ4n) is 2.42. The third-order valence-corrected chi connectivity index (χ3v) is 3.87. The summed E-state index contributed by atoms with van der Waals surface area (Å²) >= 11 is 0. The molecule has 0 aromatic heterocycles. The van der Waals surface area contributed by atoms with Gasteiger partial charge in [-0.2, -0.15) is 0 Å². The summed E-state index contributed by atoms with van der Waals surface area (Å²) in [5.74, 6) is 1.31. The number of rotatable bonds is 8. The minimum absolute atomic E-state index is 0.113. The Morgan fingerprint density at radius 3 is 2.24 bits per heavy atom. The highest BCUT2D eigenvalue weighted by Crippen LogP contribution is 2.26. The molecule has 1 unspecified atom stereocenters. The van der Waals surface area contributed by atoms with Crippen LogP contribution in [0, 0.1) is 0 Å². The summed E-state index contributed by atoms with van der Waals surface area (Å²) in [5.41, 5.74) is 1.92. The molecule has 0 heterocycles. The first-order chi connectivity index (χ1) is 10.1. The van der Waals surface area contributed by atoms with Crippen LogP contribution in [-0.4, -0.2) is 31.0 Å². The number of hydrogen-bond donors (Lipinski definition) is 0. The van der Waals surface area contributed by atoms with Crippen LogP contribution in [0.1, 0.15) is 68.8 Å². The van der Waals surface area contributed by atoms with Gasteiger partial charge in [0.1, 0.15) is 5.75 Å². The molecule has 3 heteroatoms. The largest absolute Gasteiger partial charge is 0.497 e. The monoisotopic (exact) mass is 291 g/mol. The number of hydrogen-bond acceptors (Lipinski definition) is 2. The highest BCUT2D eigenvalue weighted by atomic mass is 16.5. The molecule has 0 radical (unpaired) electrons. The average Bonchev–Trinajstić information content (AvgIpc) is 2.52. The molecule has 3 nitrogen and oxygen atoms in total. The Morgan fingerprint density at radius 1 is 1.14 bits per heavy atom.